The molecule has 27 heavy (non-hydrogen) atoms. The molecule has 0 atom stereocenters. The van der Waals surface area contributed by atoms with E-state index in [1.54, 1.807) is 0 Å². The van der Waals surface area contributed by atoms with Gasteiger partial charge in [-0.25, -0.2) is 4.79 Å². The van der Waals surface area contributed by atoms with Crippen molar-refractivity contribution in [3.05, 3.63) is 87.8 Å². The molecule has 0 aliphatic carbocycles. The van der Waals surface area contributed by atoms with Gasteiger partial charge in [0.25, 0.3) is 0 Å². The topological polar surface area (TPSA) is 39.4 Å². The second-order valence-electron chi connectivity index (χ2n) is 7.22. The minimum atomic E-state index is -0.351. The Kier molecular flexibility index (Phi) is 4.44. The standard InChI is InChI=1S/C24H22O3/c1-15(2)20-13-21-18(12-24(25)27-23(21)11-16(20)3)14-26-22-10-6-8-17-7-4-5-9-19(17)22/h4-13,15H,14H2,1-3H3. The predicted octanol–water partition coefficient (Wildman–Crippen LogP) is 5.96. The van der Waals surface area contributed by atoms with Crippen molar-refractivity contribution in [2.24, 2.45) is 0 Å². The summed E-state index contributed by atoms with van der Waals surface area (Å²) in [5.41, 5.74) is 3.49. The summed E-state index contributed by atoms with van der Waals surface area (Å²) < 4.78 is 11.5. The molecule has 1 aromatic heterocycles. The molecule has 0 N–H and O–H groups in total. The van der Waals surface area contributed by atoms with E-state index in [9.17, 15) is 4.79 Å². The van der Waals surface area contributed by atoms with Gasteiger partial charge in [-0.15, -0.1) is 0 Å². The van der Waals surface area contributed by atoms with E-state index in [-0.39, 0.29) is 5.63 Å². The lowest BCUT2D eigenvalue weighted by atomic mass is 9.95. The van der Waals surface area contributed by atoms with Crippen molar-refractivity contribution < 1.29 is 9.15 Å². The summed E-state index contributed by atoms with van der Waals surface area (Å²) in [6.07, 6.45) is 0. The van der Waals surface area contributed by atoms with Crippen LogP contribution in [-0.4, -0.2) is 0 Å². The largest absolute Gasteiger partial charge is 0.488 e. The van der Waals surface area contributed by atoms with Crippen LogP contribution < -0.4 is 10.4 Å². The highest BCUT2D eigenvalue weighted by Crippen LogP contribution is 2.29. The second kappa shape index (κ2) is 6.92. The van der Waals surface area contributed by atoms with Gasteiger partial charge in [0.15, 0.2) is 0 Å². The van der Waals surface area contributed by atoms with Crippen LogP contribution in [0.15, 0.2) is 69.9 Å². The van der Waals surface area contributed by atoms with Gasteiger partial charge in [0, 0.05) is 22.4 Å². The zero-order valence-corrected chi connectivity index (χ0v) is 15.8. The van der Waals surface area contributed by atoms with Gasteiger partial charge in [-0.2, -0.15) is 0 Å². The molecule has 0 aliphatic heterocycles. The average Bonchev–Trinajstić information content (AvgIpc) is 2.65. The van der Waals surface area contributed by atoms with E-state index in [0.717, 1.165) is 33.0 Å². The highest BCUT2D eigenvalue weighted by molar-refractivity contribution is 5.88. The Bertz CT molecular complexity index is 1180. The van der Waals surface area contributed by atoms with Crippen LogP contribution >= 0.6 is 0 Å². The predicted molar refractivity (Wildman–Crippen MR) is 110 cm³/mol. The van der Waals surface area contributed by atoms with E-state index >= 15 is 0 Å². The quantitative estimate of drug-likeness (QED) is 0.423. The van der Waals surface area contributed by atoms with Crippen molar-refractivity contribution >= 4 is 21.7 Å². The molecule has 0 saturated heterocycles. The Labute approximate surface area is 158 Å². The SMILES string of the molecule is Cc1cc2oc(=O)cc(COc3cccc4ccccc34)c2cc1C(C)C. The summed E-state index contributed by atoms with van der Waals surface area (Å²) in [7, 11) is 0. The van der Waals surface area contributed by atoms with Crippen LogP contribution in [0.2, 0.25) is 0 Å². The van der Waals surface area contributed by atoms with E-state index in [4.69, 9.17) is 9.15 Å². The maximum atomic E-state index is 12.0. The maximum absolute atomic E-state index is 12.0. The minimum Gasteiger partial charge on any atom is -0.488 e. The van der Waals surface area contributed by atoms with Crippen LogP contribution in [0.25, 0.3) is 21.7 Å². The normalized spacial score (nSPS) is 11.4. The van der Waals surface area contributed by atoms with E-state index in [2.05, 4.69) is 32.0 Å². The summed E-state index contributed by atoms with van der Waals surface area (Å²) in [6.45, 7) is 6.70. The smallest absolute Gasteiger partial charge is 0.336 e. The van der Waals surface area contributed by atoms with Crippen LogP contribution in [0.5, 0.6) is 5.75 Å². The summed E-state index contributed by atoms with van der Waals surface area (Å²) in [4.78, 5) is 12.0. The molecule has 0 amide bonds. The fourth-order valence-electron chi connectivity index (χ4n) is 3.61. The van der Waals surface area contributed by atoms with Gasteiger partial charge < -0.3 is 9.15 Å². The number of benzene rings is 3. The van der Waals surface area contributed by atoms with Gasteiger partial charge in [-0.3, -0.25) is 0 Å². The van der Waals surface area contributed by atoms with Gasteiger partial charge in [0.2, 0.25) is 0 Å². The molecular weight excluding hydrogens is 336 g/mol. The van der Waals surface area contributed by atoms with E-state index < -0.39 is 0 Å². The van der Waals surface area contributed by atoms with Gasteiger partial charge in [-0.05, 0) is 47.6 Å². The molecule has 0 fully saturated rings. The molecule has 0 saturated carbocycles. The van der Waals surface area contributed by atoms with Crippen molar-refractivity contribution in [3.8, 4) is 5.75 Å². The van der Waals surface area contributed by atoms with E-state index in [0.29, 0.717) is 18.1 Å². The number of ether oxygens (including phenoxy) is 1. The van der Waals surface area contributed by atoms with Gasteiger partial charge in [-0.1, -0.05) is 50.2 Å². The fraction of sp³-hybridized carbons (Fsp3) is 0.208. The van der Waals surface area contributed by atoms with Crippen LogP contribution in [0.1, 0.15) is 36.5 Å². The number of aryl methyl sites for hydroxylation is 1. The molecule has 0 unspecified atom stereocenters. The third-order valence-electron chi connectivity index (χ3n) is 4.97. The molecule has 0 radical (unpaired) electrons. The van der Waals surface area contributed by atoms with Crippen molar-refractivity contribution in [2.75, 3.05) is 0 Å². The van der Waals surface area contributed by atoms with Crippen molar-refractivity contribution in [1.82, 2.24) is 0 Å². The highest BCUT2D eigenvalue weighted by atomic mass is 16.5. The number of hydrogen-bond acceptors (Lipinski definition) is 3. The van der Waals surface area contributed by atoms with Crippen LogP contribution in [0, 0.1) is 6.92 Å². The summed E-state index contributed by atoms with van der Waals surface area (Å²) in [5.74, 6) is 1.21. The lowest BCUT2D eigenvalue weighted by Gasteiger charge is -2.14. The van der Waals surface area contributed by atoms with E-state index in [1.165, 1.54) is 11.6 Å². The Morgan fingerprint density at radius 3 is 2.56 bits per heavy atom. The lowest BCUT2D eigenvalue weighted by Crippen LogP contribution is -2.05. The number of fused-ring (bicyclic) bond motifs is 2. The van der Waals surface area contributed by atoms with Gasteiger partial charge >= 0.3 is 5.63 Å². The molecule has 4 rings (SSSR count). The van der Waals surface area contributed by atoms with Gasteiger partial charge in [0.05, 0.1) is 0 Å². The van der Waals surface area contributed by atoms with E-state index in [1.807, 2.05) is 43.3 Å². The Hall–Kier alpha value is -3.07. The molecular formula is C24H22O3. The summed E-state index contributed by atoms with van der Waals surface area (Å²) in [6, 6.07) is 19.7. The van der Waals surface area contributed by atoms with Crippen LogP contribution in [-0.2, 0) is 6.61 Å². The zero-order valence-electron chi connectivity index (χ0n) is 15.8. The Balaban J connectivity index is 1.77. The van der Waals surface area contributed by atoms with Crippen molar-refractivity contribution in [3.63, 3.8) is 0 Å². The van der Waals surface area contributed by atoms with Crippen LogP contribution in [0.3, 0.4) is 0 Å². The molecule has 0 bridgehead atoms. The summed E-state index contributed by atoms with van der Waals surface area (Å²) >= 11 is 0. The third kappa shape index (κ3) is 3.33. The fourth-order valence-corrected chi connectivity index (χ4v) is 3.61. The van der Waals surface area contributed by atoms with Crippen molar-refractivity contribution in [2.45, 2.75) is 33.3 Å². The minimum absolute atomic E-state index is 0.316. The summed E-state index contributed by atoms with van der Waals surface area (Å²) in [5, 5.41) is 3.13. The molecule has 0 spiro atoms. The second-order valence-corrected chi connectivity index (χ2v) is 7.22. The van der Waals surface area contributed by atoms with Gasteiger partial charge in [0.1, 0.15) is 17.9 Å². The number of rotatable bonds is 4. The first kappa shape index (κ1) is 17.3. The maximum Gasteiger partial charge on any atom is 0.336 e. The Morgan fingerprint density at radius 1 is 0.963 bits per heavy atom. The molecule has 0 aliphatic rings. The zero-order chi connectivity index (χ0) is 19.0. The molecule has 4 aromatic rings. The first-order valence-electron chi connectivity index (χ1n) is 9.21. The molecule has 3 aromatic carbocycles. The molecule has 136 valence electrons. The molecule has 1 heterocycles. The number of hydrogen-bond donors (Lipinski definition) is 0. The molecule has 3 heteroatoms. The monoisotopic (exact) mass is 358 g/mol. The first-order valence-corrected chi connectivity index (χ1v) is 9.21. The highest BCUT2D eigenvalue weighted by Gasteiger charge is 2.12. The average molecular weight is 358 g/mol. The lowest BCUT2D eigenvalue weighted by molar-refractivity contribution is 0.310. The Morgan fingerprint density at radius 2 is 1.74 bits per heavy atom. The van der Waals surface area contributed by atoms with Crippen molar-refractivity contribution in [1.29, 1.82) is 0 Å². The third-order valence-corrected chi connectivity index (χ3v) is 4.97. The van der Waals surface area contributed by atoms with Crippen LogP contribution in [0.4, 0.5) is 0 Å². The first-order chi connectivity index (χ1) is 13.0. The molecule has 3 nitrogen and oxygen atoms in total.